The van der Waals surface area contributed by atoms with Gasteiger partial charge in [-0.3, -0.25) is 0 Å². The minimum atomic E-state index is -0.433. The molecule has 15 heavy (non-hydrogen) atoms. The second-order valence-electron chi connectivity index (χ2n) is 2.91. The van der Waals surface area contributed by atoms with E-state index in [0.29, 0.717) is 21.5 Å². The molecule has 0 saturated heterocycles. The standard InChI is InChI=1S/C10H7ClN2O2/c1-15-10(14)6-2-8(11)7-4-12-5-13-9(7)3-6/h2-5H,1H3. The first kappa shape index (κ1) is 9.86. The molecule has 0 aliphatic rings. The number of ether oxygens (including phenoxy) is 1. The molecular formula is C10H7ClN2O2. The number of hydrogen-bond donors (Lipinski definition) is 0. The lowest BCUT2D eigenvalue weighted by Crippen LogP contribution is -2.01. The van der Waals surface area contributed by atoms with Crippen molar-refractivity contribution in [1.82, 2.24) is 9.97 Å². The van der Waals surface area contributed by atoms with E-state index < -0.39 is 5.97 Å². The Bertz CT molecular complexity index is 528. The molecule has 0 unspecified atom stereocenters. The molecule has 76 valence electrons. The normalized spacial score (nSPS) is 10.3. The monoisotopic (exact) mass is 222 g/mol. The SMILES string of the molecule is COC(=O)c1cc(Cl)c2cncnc2c1. The van der Waals surface area contributed by atoms with Crippen LogP contribution in [-0.2, 0) is 4.74 Å². The van der Waals surface area contributed by atoms with Crippen molar-refractivity contribution in [1.29, 1.82) is 0 Å². The average molecular weight is 223 g/mol. The molecule has 0 N–H and O–H groups in total. The van der Waals surface area contributed by atoms with E-state index in [-0.39, 0.29) is 0 Å². The molecule has 1 heterocycles. The van der Waals surface area contributed by atoms with Gasteiger partial charge in [0, 0.05) is 11.6 Å². The maximum absolute atomic E-state index is 11.3. The van der Waals surface area contributed by atoms with E-state index in [2.05, 4.69) is 14.7 Å². The number of benzene rings is 1. The van der Waals surface area contributed by atoms with Crippen molar-refractivity contribution in [3.8, 4) is 0 Å². The van der Waals surface area contributed by atoms with Gasteiger partial charge in [0.2, 0.25) is 0 Å². The number of aromatic nitrogens is 2. The number of carbonyl (C=O) groups excluding carboxylic acids is 1. The van der Waals surface area contributed by atoms with Gasteiger partial charge in [0.25, 0.3) is 0 Å². The highest BCUT2D eigenvalue weighted by Gasteiger charge is 2.09. The highest BCUT2D eigenvalue weighted by atomic mass is 35.5. The van der Waals surface area contributed by atoms with Gasteiger partial charge in [-0.1, -0.05) is 11.6 Å². The third kappa shape index (κ3) is 1.76. The fourth-order valence-electron chi connectivity index (χ4n) is 1.28. The van der Waals surface area contributed by atoms with Crippen LogP contribution in [0.25, 0.3) is 10.9 Å². The Morgan fingerprint density at radius 2 is 2.27 bits per heavy atom. The summed E-state index contributed by atoms with van der Waals surface area (Å²) in [6.07, 6.45) is 3.01. The molecule has 2 aromatic rings. The summed E-state index contributed by atoms with van der Waals surface area (Å²) >= 11 is 5.98. The molecule has 0 radical (unpaired) electrons. The Morgan fingerprint density at radius 3 is 3.00 bits per heavy atom. The van der Waals surface area contributed by atoms with Crippen LogP contribution >= 0.6 is 11.6 Å². The minimum absolute atomic E-state index is 0.383. The van der Waals surface area contributed by atoms with Gasteiger partial charge in [-0.05, 0) is 12.1 Å². The number of halogens is 1. The van der Waals surface area contributed by atoms with Crippen LogP contribution in [0.3, 0.4) is 0 Å². The number of rotatable bonds is 1. The van der Waals surface area contributed by atoms with E-state index >= 15 is 0 Å². The fourth-order valence-corrected chi connectivity index (χ4v) is 1.54. The van der Waals surface area contributed by atoms with Crippen molar-refractivity contribution >= 4 is 28.5 Å². The van der Waals surface area contributed by atoms with Crippen LogP contribution in [-0.4, -0.2) is 23.0 Å². The van der Waals surface area contributed by atoms with E-state index in [4.69, 9.17) is 11.6 Å². The van der Waals surface area contributed by atoms with Crippen molar-refractivity contribution in [2.75, 3.05) is 7.11 Å². The zero-order chi connectivity index (χ0) is 10.8. The van der Waals surface area contributed by atoms with Gasteiger partial charge in [-0.25, -0.2) is 14.8 Å². The topological polar surface area (TPSA) is 52.1 Å². The molecule has 0 bridgehead atoms. The lowest BCUT2D eigenvalue weighted by atomic mass is 10.1. The Balaban J connectivity index is 2.67. The molecule has 0 aliphatic heterocycles. The molecular weight excluding hydrogens is 216 g/mol. The van der Waals surface area contributed by atoms with Crippen LogP contribution < -0.4 is 0 Å². The first-order valence-corrected chi connectivity index (χ1v) is 4.58. The molecule has 1 aromatic carbocycles. The van der Waals surface area contributed by atoms with Gasteiger partial charge in [0.1, 0.15) is 6.33 Å². The first-order chi connectivity index (χ1) is 7.22. The lowest BCUT2D eigenvalue weighted by molar-refractivity contribution is 0.0601. The molecule has 2 rings (SSSR count). The number of nitrogens with zero attached hydrogens (tertiary/aromatic N) is 2. The average Bonchev–Trinajstić information content (AvgIpc) is 2.28. The molecule has 0 atom stereocenters. The van der Waals surface area contributed by atoms with Crippen molar-refractivity contribution in [3.63, 3.8) is 0 Å². The summed E-state index contributed by atoms with van der Waals surface area (Å²) in [5.74, 6) is -0.433. The van der Waals surface area contributed by atoms with E-state index in [1.54, 1.807) is 18.3 Å². The van der Waals surface area contributed by atoms with E-state index in [9.17, 15) is 4.79 Å². The summed E-state index contributed by atoms with van der Waals surface area (Å²) in [6, 6.07) is 3.16. The molecule has 1 aromatic heterocycles. The molecule has 4 nitrogen and oxygen atoms in total. The maximum Gasteiger partial charge on any atom is 0.337 e. The van der Waals surface area contributed by atoms with Gasteiger partial charge < -0.3 is 4.74 Å². The second kappa shape index (κ2) is 3.82. The Labute approximate surface area is 90.9 Å². The van der Waals surface area contributed by atoms with E-state index in [0.717, 1.165) is 0 Å². The molecule has 0 fully saturated rings. The van der Waals surface area contributed by atoms with Crippen LogP contribution in [0.1, 0.15) is 10.4 Å². The Hall–Kier alpha value is -1.68. The van der Waals surface area contributed by atoms with Gasteiger partial charge in [-0.15, -0.1) is 0 Å². The molecule has 0 saturated carbocycles. The zero-order valence-corrected chi connectivity index (χ0v) is 8.65. The fraction of sp³-hybridized carbons (Fsp3) is 0.100. The number of hydrogen-bond acceptors (Lipinski definition) is 4. The third-order valence-electron chi connectivity index (χ3n) is 2.00. The molecule has 0 amide bonds. The van der Waals surface area contributed by atoms with Crippen molar-refractivity contribution in [2.24, 2.45) is 0 Å². The number of fused-ring (bicyclic) bond motifs is 1. The van der Waals surface area contributed by atoms with Crippen LogP contribution in [0, 0.1) is 0 Å². The lowest BCUT2D eigenvalue weighted by Gasteiger charge is -2.02. The summed E-state index contributed by atoms with van der Waals surface area (Å²) in [5, 5.41) is 1.15. The van der Waals surface area contributed by atoms with Gasteiger partial charge >= 0.3 is 5.97 Å². The predicted octanol–water partition coefficient (Wildman–Crippen LogP) is 2.07. The van der Waals surface area contributed by atoms with Crippen molar-refractivity contribution in [3.05, 3.63) is 35.2 Å². The number of methoxy groups -OCH3 is 1. The van der Waals surface area contributed by atoms with Crippen LogP contribution in [0.2, 0.25) is 5.02 Å². The Morgan fingerprint density at radius 1 is 1.47 bits per heavy atom. The summed E-state index contributed by atoms with van der Waals surface area (Å²) in [4.78, 5) is 19.2. The van der Waals surface area contributed by atoms with Crippen LogP contribution in [0.4, 0.5) is 0 Å². The van der Waals surface area contributed by atoms with Gasteiger partial charge in [0.05, 0.1) is 23.2 Å². The minimum Gasteiger partial charge on any atom is -0.465 e. The number of esters is 1. The summed E-state index contributed by atoms with van der Waals surface area (Å²) in [7, 11) is 1.32. The summed E-state index contributed by atoms with van der Waals surface area (Å²) in [6.45, 7) is 0. The van der Waals surface area contributed by atoms with Gasteiger partial charge in [0.15, 0.2) is 0 Å². The number of carbonyl (C=O) groups is 1. The largest absolute Gasteiger partial charge is 0.465 e. The van der Waals surface area contributed by atoms with E-state index in [1.165, 1.54) is 13.4 Å². The quantitative estimate of drug-likeness (QED) is 0.693. The first-order valence-electron chi connectivity index (χ1n) is 4.20. The predicted molar refractivity (Wildman–Crippen MR) is 55.9 cm³/mol. The summed E-state index contributed by atoms with van der Waals surface area (Å²) < 4.78 is 4.60. The van der Waals surface area contributed by atoms with Crippen LogP contribution in [0.5, 0.6) is 0 Å². The third-order valence-corrected chi connectivity index (χ3v) is 2.31. The molecule has 5 heteroatoms. The highest BCUT2D eigenvalue weighted by molar-refractivity contribution is 6.35. The van der Waals surface area contributed by atoms with Crippen LogP contribution in [0.15, 0.2) is 24.7 Å². The molecule has 0 spiro atoms. The highest BCUT2D eigenvalue weighted by Crippen LogP contribution is 2.23. The Kier molecular flexibility index (Phi) is 2.51. The zero-order valence-electron chi connectivity index (χ0n) is 7.90. The second-order valence-corrected chi connectivity index (χ2v) is 3.31. The van der Waals surface area contributed by atoms with Crippen molar-refractivity contribution < 1.29 is 9.53 Å². The van der Waals surface area contributed by atoms with Gasteiger partial charge in [-0.2, -0.15) is 0 Å². The summed E-state index contributed by atoms with van der Waals surface area (Å²) in [5.41, 5.74) is 1.01. The smallest absolute Gasteiger partial charge is 0.337 e. The van der Waals surface area contributed by atoms with E-state index in [1.807, 2.05) is 0 Å². The van der Waals surface area contributed by atoms with Crippen molar-refractivity contribution in [2.45, 2.75) is 0 Å². The maximum atomic E-state index is 11.3. The molecule has 0 aliphatic carbocycles.